The fraction of sp³-hybridized carbons (Fsp3) is 0.188. The number of benzene rings is 3. The van der Waals surface area contributed by atoms with Crippen molar-refractivity contribution in [1.82, 2.24) is 0 Å². The summed E-state index contributed by atoms with van der Waals surface area (Å²) >= 11 is 3.97. The average molecular weight is 493 g/mol. The van der Waals surface area contributed by atoms with Gasteiger partial charge in [-0.15, -0.1) is 0 Å². The maximum absolute atomic E-state index is 3.97. The van der Waals surface area contributed by atoms with Crippen LogP contribution in [0.5, 0.6) is 0 Å². The Morgan fingerprint density at radius 3 is 2.24 bits per heavy atom. The highest BCUT2D eigenvalue weighted by Gasteiger charge is 2.52. The lowest BCUT2D eigenvalue weighted by atomic mass is 9.68. The number of fused-ring (bicyclic) bond motifs is 5. The number of rotatable bonds is 4. The number of halogens is 1. The molecule has 2 aliphatic carbocycles. The Hall–Kier alpha value is -2.90. The predicted molar refractivity (Wildman–Crippen MR) is 146 cm³/mol. The molecule has 1 heteroatoms. The van der Waals surface area contributed by atoms with Crippen LogP contribution in [0.2, 0.25) is 0 Å². The van der Waals surface area contributed by atoms with E-state index in [1.165, 1.54) is 60.2 Å². The van der Waals surface area contributed by atoms with Gasteiger partial charge in [-0.3, -0.25) is 0 Å². The van der Waals surface area contributed by atoms with Crippen molar-refractivity contribution < 1.29 is 0 Å². The molecule has 1 unspecified atom stereocenters. The minimum Gasteiger partial charge on any atom is -0.0845 e. The van der Waals surface area contributed by atoms with E-state index in [1.807, 2.05) is 0 Å². The topological polar surface area (TPSA) is 0 Å². The van der Waals surface area contributed by atoms with E-state index in [1.54, 1.807) is 0 Å². The van der Waals surface area contributed by atoms with E-state index in [0.717, 1.165) is 6.42 Å². The van der Waals surface area contributed by atoms with Crippen LogP contribution in [0.25, 0.3) is 22.3 Å². The van der Waals surface area contributed by atoms with Crippen molar-refractivity contribution in [1.29, 1.82) is 0 Å². The molecule has 0 saturated carbocycles. The van der Waals surface area contributed by atoms with Crippen molar-refractivity contribution in [3.05, 3.63) is 129 Å². The highest BCUT2D eigenvalue weighted by atomic mass is 79.9. The van der Waals surface area contributed by atoms with Crippen molar-refractivity contribution in [2.45, 2.75) is 39.5 Å². The Morgan fingerprint density at radius 2 is 1.52 bits per heavy atom. The normalized spacial score (nSPS) is 19.7. The summed E-state index contributed by atoms with van der Waals surface area (Å²) in [7, 11) is 0. The molecule has 2 aliphatic rings. The zero-order valence-electron chi connectivity index (χ0n) is 19.7. The third kappa shape index (κ3) is 3.09. The van der Waals surface area contributed by atoms with Gasteiger partial charge in [-0.2, -0.15) is 0 Å². The first-order valence-electron chi connectivity index (χ1n) is 11.8. The lowest BCUT2D eigenvalue weighted by Gasteiger charge is -2.34. The highest BCUT2D eigenvalue weighted by Crippen LogP contribution is 2.63. The molecule has 1 spiro atoms. The molecule has 0 aliphatic heterocycles. The van der Waals surface area contributed by atoms with Gasteiger partial charge in [0.1, 0.15) is 0 Å². The van der Waals surface area contributed by atoms with Crippen LogP contribution in [-0.4, -0.2) is 0 Å². The van der Waals surface area contributed by atoms with Gasteiger partial charge in [0.15, 0.2) is 0 Å². The molecule has 0 saturated heterocycles. The summed E-state index contributed by atoms with van der Waals surface area (Å²) in [5.74, 6) is 0. The van der Waals surface area contributed by atoms with E-state index in [-0.39, 0.29) is 5.41 Å². The molecule has 33 heavy (non-hydrogen) atoms. The third-order valence-electron chi connectivity index (χ3n) is 7.28. The minimum atomic E-state index is -0.318. The van der Waals surface area contributed by atoms with Crippen LogP contribution in [0.4, 0.5) is 0 Å². The molecular weight excluding hydrogens is 464 g/mol. The quantitative estimate of drug-likeness (QED) is 0.340. The Kier molecular flexibility index (Phi) is 5.62. The van der Waals surface area contributed by atoms with Crippen LogP contribution in [0.3, 0.4) is 0 Å². The lowest BCUT2D eigenvalue weighted by molar-refractivity contribution is 0.774. The van der Waals surface area contributed by atoms with E-state index < -0.39 is 0 Å². The molecule has 0 nitrogen and oxygen atoms in total. The summed E-state index contributed by atoms with van der Waals surface area (Å²) < 4.78 is 1.17. The van der Waals surface area contributed by atoms with E-state index in [4.69, 9.17) is 0 Å². The molecule has 0 bridgehead atoms. The van der Waals surface area contributed by atoms with Crippen LogP contribution < -0.4 is 0 Å². The Morgan fingerprint density at radius 1 is 0.818 bits per heavy atom. The molecule has 0 aromatic heterocycles. The maximum atomic E-state index is 3.97. The summed E-state index contributed by atoms with van der Waals surface area (Å²) in [6.45, 7) is 8.90. The zero-order valence-corrected chi connectivity index (χ0v) is 21.3. The largest absolute Gasteiger partial charge is 0.0845 e. The molecule has 0 heterocycles. The van der Waals surface area contributed by atoms with Crippen molar-refractivity contribution in [2.24, 2.45) is 0 Å². The van der Waals surface area contributed by atoms with E-state index in [0.29, 0.717) is 0 Å². The highest BCUT2D eigenvalue weighted by molar-refractivity contribution is 9.12. The standard InChI is InChI=1S/C32H29Br/c1-5-7-16-27-21(3)22(4)31(30(33)6-2)32(27)28-17-12-11-15-25(28)26-19-18-24(20-29(26)32)23-13-9-8-10-14-23/h6-20H,5H2,1-4H3/b16-7-,30-6+. The van der Waals surface area contributed by atoms with Gasteiger partial charge in [0.2, 0.25) is 0 Å². The second-order valence-electron chi connectivity index (χ2n) is 8.91. The van der Waals surface area contributed by atoms with Gasteiger partial charge in [-0.25, -0.2) is 0 Å². The molecule has 0 amide bonds. The summed E-state index contributed by atoms with van der Waals surface area (Å²) in [4.78, 5) is 0. The van der Waals surface area contributed by atoms with Gasteiger partial charge >= 0.3 is 0 Å². The smallest absolute Gasteiger partial charge is 0.0729 e. The Bertz CT molecular complexity index is 1360. The van der Waals surface area contributed by atoms with Gasteiger partial charge in [-0.05, 0) is 88.9 Å². The van der Waals surface area contributed by atoms with Gasteiger partial charge in [0, 0.05) is 4.48 Å². The lowest BCUT2D eigenvalue weighted by Crippen LogP contribution is -2.28. The van der Waals surface area contributed by atoms with Crippen molar-refractivity contribution >= 4 is 15.9 Å². The average Bonchev–Trinajstić information content (AvgIpc) is 3.27. The van der Waals surface area contributed by atoms with Gasteiger partial charge in [0.05, 0.1) is 5.41 Å². The molecule has 0 fully saturated rings. The van der Waals surface area contributed by atoms with Crippen molar-refractivity contribution in [3.8, 4) is 22.3 Å². The fourth-order valence-electron chi connectivity index (χ4n) is 5.72. The number of allylic oxidation sites excluding steroid dienone is 8. The summed E-state index contributed by atoms with van der Waals surface area (Å²) in [6, 6.07) is 26.7. The fourth-order valence-corrected chi connectivity index (χ4v) is 6.32. The molecule has 164 valence electrons. The predicted octanol–water partition coefficient (Wildman–Crippen LogP) is 9.53. The van der Waals surface area contributed by atoms with Crippen molar-refractivity contribution in [2.75, 3.05) is 0 Å². The third-order valence-corrected chi connectivity index (χ3v) is 8.14. The second-order valence-corrected chi connectivity index (χ2v) is 9.76. The van der Waals surface area contributed by atoms with E-state index in [2.05, 4.69) is 135 Å². The molecule has 1 atom stereocenters. The first-order chi connectivity index (χ1) is 16.1. The van der Waals surface area contributed by atoms with Crippen LogP contribution in [0, 0.1) is 0 Å². The zero-order chi connectivity index (χ0) is 23.2. The molecule has 0 N–H and O–H groups in total. The van der Waals surface area contributed by atoms with Crippen LogP contribution >= 0.6 is 15.9 Å². The summed E-state index contributed by atoms with van der Waals surface area (Å²) in [5, 5.41) is 0. The Labute approximate surface area is 206 Å². The molecule has 0 radical (unpaired) electrons. The van der Waals surface area contributed by atoms with Crippen LogP contribution in [0.15, 0.2) is 118 Å². The van der Waals surface area contributed by atoms with Crippen molar-refractivity contribution in [3.63, 3.8) is 0 Å². The first-order valence-corrected chi connectivity index (χ1v) is 12.6. The second kappa shape index (κ2) is 8.47. The Balaban J connectivity index is 1.92. The monoisotopic (exact) mass is 492 g/mol. The van der Waals surface area contributed by atoms with Gasteiger partial charge in [0.25, 0.3) is 0 Å². The summed E-state index contributed by atoms with van der Waals surface area (Å²) in [6.07, 6.45) is 7.90. The van der Waals surface area contributed by atoms with Gasteiger partial charge < -0.3 is 0 Å². The number of hydrogen-bond donors (Lipinski definition) is 0. The molecule has 3 aromatic rings. The minimum absolute atomic E-state index is 0.318. The van der Waals surface area contributed by atoms with Crippen LogP contribution in [0.1, 0.15) is 45.2 Å². The maximum Gasteiger partial charge on any atom is 0.0729 e. The summed E-state index contributed by atoms with van der Waals surface area (Å²) in [5.41, 5.74) is 13.1. The first kappa shape index (κ1) is 21.9. The molecular formula is C32H29Br. The number of hydrogen-bond acceptors (Lipinski definition) is 0. The van der Waals surface area contributed by atoms with E-state index >= 15 is 0 Å². The van der Waals surface area contributed by atoms with Gasteiger partial charge in [-0.1, -0.05) is 108 Å². The van der Waals surface area contributed by atoms with Crippen LogP contribution in [-0.2, 0) is 5.41 Å². The SMILES string of the molecule is C/C=C(/Br)C1=C(C)C(C)=C(/C=C\CC)C12c1ccccc1-c1ccc(-c3ccccc3)cc12. The molecule has 5 rings (SSSR count). The van der Waals surface area contributed by atoms with E-state index in [9.17, 15) is 0 Å². The molecule has 3 aromatic carbocycles.